The molecule has 1 aromatic heterocycles. The monoisotopic (exact) mass is 343 g/mol. The summed E-state index contributed by atoms with van der Waals surface area (Å²) < 4.78 is 0. The SMILES string of the molecule is CC1=C([Si](C)(C)Br)CC(c2cccc3cccnc23)=C1. The number of pyridine rings is 1. The highest BCUT2D eigenvalue weighted by atomic mass is 79.9. The number of hydrogen-bond acceptors (Lipinski definition) is 1. The zero-order chi connectivity index (χ0) is 14.3. The molecule has 0 unspecified atom stereocenters. The van der Waals surface area contributed by atoms with Gasteiger partial charge in [0, 0.05) is 17.1 Å². The van der Waals surface area contributed by atoms with Crippen molar-refractivity contribution in [2.75, 3.05) is 0 Å². The van der Waals surface area contributed by atoms with E-state index in [4.69, 9.17) is 0 Å². The maximum Gasteiger partial charge on any atom is 0.151 e. The van der Waals surface area contributed by atoms with E-state index in [0.717, 1.165) is 11.9 Å². The minimum absolute atomic E-state index is 1.06. The molecule has 0 spiro atoms. The number of rotatable bonds is 2. The van der Waals surface area contributed by atoms with Gasteiger partial charge in [-0.3, -0.25) is 4.98 Å². The van der Waals surface area contributed by atoms with Crippen molar-refractivity contribution in [1.29, 1.82) is 0 Å². The van der Waals surface area contributed by atoms with Crippen molar-refractivity contribution in [3.8, 4) is 0 Å². The molecule has 0 N–H and O–H groups in total. The lowest BCUT2D eigenvalue weighted by Crippen LogP contribution is -2.20. The second-order valence-electron chi connectivity index (χ2n) is 5.86. The summed E-state index contributed by atoms with van der Waals surface area (Å²) >= 11 is 3.93. The van der Waals surface area contributed by atoms with Crippen LogP contribution in [0.3, 0.4) is 0 Å². The first kappa shape index (κ1) is 13.8. The molecule has 2 aromatic rings. The van der Waals surface area contributed by atoms with E-state index >= 15 is 0 Å². The Balaban J connectivity index is 2.06. The van der Waals surface area contributed by atoms with E-state index in [1.807, 2.05) is 12.3 Å². The van der Waals surface area contributed by atoms with Crippen molar-refractivity contribution >= 4 is 38.5 Å². The Bertz CT molecular complexity index is 733. The van der Waals surface area contributed by atoms with Gasteiger partial charge in [-0.15, -0.1) is 15.3 Å². The number of nitrogens with zero attached hydrogens (tertiary/aromatic N) is 1. The molecule has 1 aliphatic rings. The molecule has 1 aliphatic carbocycles. The second kappa shape index (κ2) is 4.97. The van der Waals surface area contributed by atoms with Crippen LogP contribution in [0.1, 0.15) is 18.9 Å². The Kier molecular flexibility index (Phi) is 3.42. The number of fused-ring (bicyclic) bond motifs is 1. The summed E-state index contributed by atoms with van der Waals surface area (Å²) in [5.41, 5.74) is 5.23. The van der Waals surface area contributed by atoms with Crippen LogP contribution in [0.2, 0.25) is 13.1 Å². The van der Waals surface area contributed by atoms with E-state index in [-0.39, 0.29) is 0 Å². The third-order valence-electron chi connectivity index (χ3n) is 3.93. The van der Waals surface area contributed by atoms with Gasteiger partial charge in [0.2, 0.25) is 0 Å². The largest absolute Gasteiger partial charge is 0.256 e. The van der Waals surface area contributed by atoms with Crippen molar-refractivity contribution in [2.45, 2.75) is 26.4 Å². The normalized spacial score (nSPS) is 15.9. The van der Waals surface area contributed by atoms with Gasteiger partial charge < -0.3 is 0 Å². The minimum Gasteiger partial charge on any atom is -0.256 e. The van der Waals surface area contributed by atoms with Crippen molar-refractivity contribution < 1.29 is 0 Å². The molecule has 1 aromatic carbocycles. The third-order valence-corrected chi connectivity index (χ3v) is 7.37. The molecule has 3 rings (SSSR count). The number of allylic oxidation sites excluding steroid dienone is 4. The summed E-state index contributed by atoms with van der Waals surface area (Å²) in [6.07, 6.45) is 5.28. The fourth-order valence-electron chi connectivity index (χ4n) is 2.94. The molecule has 0 aliphatic heterocycles. The number of halogens is 1. The van der Waals surface area contributed by atoms with Crippen LogP contribution in [0.4, 0.5) is 0 Å². The molecule has 0 fully saturated rings. The van der Waals surface area contributed by atoms with E-state index in [9.17, 15) is 0 Å². The van der Waals surface area contributed by atoms with E-state index < -0.39 is 6.69 Å². The Hall–Kier alpha value is -1.19. The summed E-state index contributed by atoms with van der Waals surface area (Å²) in [7, 11) is 0. The Morgan fingerprint density at radius 1 is 1.15 bits per heavy atom. The van der Waals surface area contributed by atoms with Gasteiger partial charge in [-0.05, 0) is 25.0 Å². The zero-order valence-electron chi connectivity index (χ0n) is 12.1. The molecule has 0 saturated carbocycles. The molecular formula is C17H18BrNSi. The van der Waals surface area contributed by atoms with Gasteiger partial charge in [0.15, 0.2) is 6.69 Å². The average Bonchev–Trinajstić information content (AvgIpc) is 2.80. The Morgan fingerprint density at radius 2 is 1.90 bits per heavy atom. The van der Waals surface area contributed by atoms with Crippen LogP contribution in [0.5, 0.6) is 0 Å². The number of aromatic nitrogens is 1. The summed E-state index contributed by atoms with van der Waals surface area (Å²) in [5.74, 6) is 0. The van der Waals surface area contributed by atoms with E-state index in [2.05, 4.69) is 70.6 Å². The highest BCUT2D eigenvalue weighted by Crippen LogP contribution is 2.40. The van der Waals surface area contributed by atoms with Gasteiger partial charge in [-0.25, -0.2) is 0 Å². The van der Waals surface area contributed by atoms with Crippen molar-refractivity contribution in [1.82, 2.24) is 4.98 Å². The molecular weight excluding hydrogens is 326 g/mol. The maximum absolute atomic E-state index is 4.58. The summed E-state index contributed by atoms with van der Waals surface area (Å²) in [6, 6.07) is 10.6. The smallest absolute Gasteiger partial charge is 0.151 e. The van der Waals surface area contributed by atoms with Gasteiger partial charge in [-0.1, -0.05) is 54.2 Å². The lowest BCUT2D eigenvalue weighted by Gasteiger charge is -2.18. The molecule has 0 saturated heterocycles. The molecule has 0 amide bonds. The van der Waals surface area contributed by atoms with E-state index in [0.29, 0.717) is 0 Å². The lowest BCUT2D eigenvalue weighted by atomic mass is 10.0. The van der Waals surface area contributed by atoms with Crippen LogP contribution in [0, 0.1) is 0 Å². The fourth-order valence-corrected chi connectivity index (χ4v) is 5.92. The third kappa shape index (κ3) is 2.40. The zero-order valence-corrected chi connectivity index (χ0v) is 14.7. The van der Waals surface area contributed by atoms with Crippen LogP contribution in [-0.2, 0) is 0 Å². The summed E-state index contributed by atoms with van der Waals surface area (Å²) in [4.78, 5) is 4.58. The molecule has 1 heterocycles. The first-order valence-electron chi connectivity index (χ1n) is 6.90. The fraction of sp³-hybridized carbons (Fsp3) is 0.235. The lowest BCUT2D eigenvalue weighted by molar-refractivity contribution is 1.33. The van der Waals surface area contributed by atoms with Crippen LogP contribution >= 0.6 is 15.3 Å². The van der Waals surface area contributed by atoms with Crippen molar-refractivity contribution in [3.05, 3.63) is 58.9 Å². The van der Waals surface area contributed by atoms with Crippen LogP contribution in [0.15, 0.2) is 53.4 Å². The van der Waals surface area contributed by atoms with Gasteiger partial charge in [0.1, 0.15) is 0 Å². The molecule has 3 heteroatoms. The van der Waals surface area contributed by atoms with Crippen molar-refractivity contribution in [3.63, 3.8) is 0 Å². The number of hydrogen-bond donors (Lipinski definition) is 0. The highest BCUT2D eigenvalue weighted by molar-refractivity contribution is 9.26. The van der Waals surface area contributed by atoms with Gasteiger partial charge in [-0.2, -0.15) is 0 Å². The average molecular weight is 344 g/mol. The Morgan fingerprint density at radius 3 is 2.60 bits per heavy atom. The van der Waals surface area contributed by atoms with Crippen molar-refractivity contribution in [2.24, 2.45) is 0 Å². The predicted octanol–water partition coefficient (Wildman–Crippen LogP) is 5.48. The number of para-hydroxylation sites is 1. The Labute approximate surface area is 129 Å². The maximum atomic E-state index is 4.58. The summed E-state index contributed by atoms with van der Waals surface area (Å²) in [5, 5.41) is 2.81. The van der Waals surface area contributed by atoms with E-state index in [1.165, 1.54) is 22.1 Å². The molecule has 102 valence electrons. The van der Waals surface area contributed by atoms with Gasteiger partial charge in [0.05, 0.1) is 5.52 Å². The molecule has 0 bridgehead atoms. The van der Waals surface area contributed by atoms with Crippen LogP contribution < -0.4 is 0 Å². The minimum atomic E-state index is -1.41. The van der Waals surface area contributed by atoms with Gasteiger partial charge >= 0.3 is 0 Å². The standard InChI is InChI=1S/C17H18BrNSi/c1-12-10-14(11-16(12)20(2,3)18)15-8-4-6-13-7-5-9-19-17(13)15/h4-10H,11H2,1-3H3. The van der Waals surface area contributed by atoms with Crippen LogP contribution in [0.25, 0.3) is 16.5 Å². The molecule has 20 heavy (non-hydrogen) atoms. The topological polar surface area (TPSA) is 12.9 Å². The molecule has 0 atom stereocenters. The van der Waals surface area contributed by atoms with Gasteiger partial charge in [0.25, 0.3) is 0 Å². The molecule has 1 nitrogen and oxygen atoms in total. The van der Waals surface area contributed by atoms with Crippen LogP contribution in [-0.4, -0.2) is 11.7 Å². The highest BCUT2D eigenvalue weighted by Gasteiger charge is 2.28. The summed E-state index contributed by atoms with van der Waals surface area (Å²) in [6.45, 7) is 5.53. The first-order chi connectivity index (χ1) is 9.47. The molecule has 0 radical (unpaired) electrons. The number of benzene rings is 1. The first-order valence-corrected chi connectivity index (χ1v) is 12.2. The second-order valence-corrected chi connectivity index (χ2v) is 15.4. The quantitative estimate of drug-likeness (QED) is 0.519. The van der Waals surface area contributed by atoms with E-state index in [1.54, 1.807) is 5.20 Å². The predicted molar refractivity (Wildman–Crippen MR) is 93.4 cm³/mol.